The average Bonchev–Trinajstić information content (AvgIpc) is 3.30. The van der Waals surface area contributed by atoms with Crippen LogP contribution in [0.25, 0.3) is 45.2 Å². The first-order valence-corrected chi connectivity index (χ1v) is 20.8. The highest BCUT2D eigenvalue weighted by Crippen LogP contribution is 2.40. The summed E-state index contributed by atoms with van der Waals surface area (Å²) in [5.41, 5.74) is 15.2. The largest absolute Gasteiger partial charge is 0.311 e. The van der Waals surface area contributed by atoms with Gasteiger partial charge in [-0.2, -0.15) is 0 Å². The summed E-state index contributed by atoms with van der Waals surface area (Å²) in [6.45, 7) is 6.79. The fourth-order valence-corrected chi connectivity index (χ4v) is 7.92. The molecule has 0 radical (unpaired) electrons. The maximum atomic E-state index is 2.37. The molecule has 0 aliphatic heterocycles. The van der Waals surface area contributed by atoms with Crippen LogP contribution < -0.4 is 9.80 Å². The standard InChI is InChI=1S/C58H48N2/c1-58(2,3)50-31-41-55(42-32-50)60(57-20-12-18-49-17-10-11-19-56(49)57)54-35-25-44(26-36-54)22-21-43-23-33-51(34-24-43)59(52-37-27-47(28-38-52)45-13-6-4-7-14-45)53-39-29-48(30-40-53)46-15-8-5-9-16-46/h4-42H,1-3H3. The van der Waals surface area contributed by atoms with E-state index in [9.17, 15) is 0 Å². The summed E-state index contributed by atoms with van der Waals surface area (Å²) in [5.74, 6) is 0. The number of hydrogen-bond donors (Lipinski definition) is 0. The molecule has 0 spiro atoms. The molecule has 0 heterocycles. The van der Waals surface area contributed by atoms with Crippen LogP contribution in [0.4, 0.5) is 34.1 Å². The lowest BCUT2D eigenvalue weighted by Gasteiger charge is -2.28. The van der Waals surface area contributed by atoms with Crippen molar-refractivity contribution in [1.82, 2.24) is 0 Å². The van der Waals surface area contributed by atoms with E-state index in [1.54, 1.807) is 0 Å². The third-order valence-electron chi connectivity index (χ3n) is 11.2. The van der Waals surface area contributed by atoms with Gasteiger partial charge in [-0.1, -0.05) is 191 Å². The van der Waals surface area contributed by atoms with Crippen molar-refractivity contribution in [1.29, 1.82) is 0 Å². The second-order valence-electron chi connectivity index (χ2n) is 16.3. The van der Waals surface area contributed by atoms with Gasteiger partial charge in [-0.25, -0.2) is 0 Å². The Bertz CT molecular complexity index is 2750. The summed E-state index contributed by atoms with van der Waals surface area (Å²) in [6.07, 6.45) is 4.39. The minimum Gasteiger partial charge on any atom is -0.311 e. The van der Waals surface area contributed by atoms with E-state index in [0.29, 0.717) is 0 Å². The van der Waals surface area contributed by atoms with Gasteiger partial charge in [0, 0.05) is 33.8 Å². The molecule has 0 atom stereocenters. The summed E-state index contributed by atoms with van der Waals surface area (Å²) in [6, 6.07) is 80.7. The van der Waals surface area contributed by atoms with E-state index in [1.165, 1.54) is 38.6 Å². The van der Waals surface area contributed by atoms with E-state index < -0.39 is 0 Å². The van der Waals surface area contributed by atoms with Gasteiger partial charge in [0.2, 0.25) is 0 Å². The molecule has 2 heteroatoms. The van der Waals surface area contributed by atoms with E-state index in [4.69, 9.17) is 0 Å². The predicted molar refractivity (Wildman–Crippen MR) is 258 cm³/mol. The summed E-state index contributed by atoms with van der Waals surface area (Å²) in [7, 11) is 0. The zero-order chi connectivity index (χ0) is 40.9. The Balaban J connectivity index is 0.991. The van der Waals surface area contributed by atoms with Crippen LogP contribution in [0.5, 0.6) is 0 Å². The van der Waals surface area contributed by atoms with Gasteiger partial charge in [0.15, 0.2) is 0 Å². The van der Waals surface area contributed by atoms with Crippen LogP contribution in [-0.4, -0.2) is 0 Å². The number of rotatable bonds is 10. The Hall–Kier alpha value is -7.42. The van der Waals surface area contributed by atoms with Crippen molar-refractivity contribution in [3.63, 3.8) is 0 Å². The molecule has 9 aromatic carbocycles. The lowest BCUT2D eigenvalue weighted by Crippen LogP contribution is -2.13. The van der Waals surface area contributed by atoms with E-state index in [1.807, 2.05) is 0 Å². The lowest BCUT2D eigenvalue weighted by molar-refractivity contribution is 0.590. The highest BCUT2D eigenvalue weighted by molar-refractivity contribution is 5.99. The topological polar surface area (TPSA) is 6.48 Å². The van der Waals surface area contributed by atoms with Crippen molar-refractivity contribution in [2.45, 2.75) is 26.2 Å². The quantitative estimate of drug-likeness (QED) is 0.128. The summed E-state index contributed by atoms with van der Waals surface area (Å²) in [4.78, 5) is 4.70. The number of nitrogens with zero attached hydrogens (tertiary/aromatic N) is 2. The second-order valence-corrected chi connectivity index (χ2v) is 16.3. The van der Waals surface area contributed by atoms with Crippen molar-refractivity contribution < 1.29 is 0 Å². The van der Waals surface area contributed by atoms with E-state index in [2.05, 4.69) is 267 Å². The predicted octanol–water partition coefficient (Wildman–Crippen LogP) is 16.6. The fraction of sp³-hybridized carbons (Fsp3) is 0.0690. The van der Waals surface area contributed by atoms with Crippen LogP contribution >= 0.6 is 0 Å². The number of hydrogen-bond acceptors (Lipinski definition) is 2. The fourth-order valence-electron chi connectivity index (χ4n) is 7.92. The van der Waals surface area contributed by atoms with Crippen molar-refractivity contribution >= 4 is 57.0 Å². The number of anilines is 6. The molecule has 0 fully saturated rings. The molecule has 0 bridgehead atoms. The molecule has 9 aromatic rings. The van der Waals surface area contributed by atoms with Gasteiger partial charge in [-0.3, -0.25) is 0 Å². The molecule has 290 valence electrons. The average molecular weight is 773 g/mol. The summed E-state index contributed by atoms with van der Waals surface area (Å²) in [5, 5.41) is 2.45. The number of benzene rings is 9. The molecule has 60 heavy (non-hydrogen) atoms. The highest BCUT2D eigenvalue weighted by Gasteiger charge is 2.18. The van der Waals surface area contributed by atoms with Crippen molar-refractivity contribution in [2.75, 3.05) is 9.80 Å². The first kappa shape index (κ1) is 38.1. The summed E-state index contributed by atoms with van der Waals surface area (Å²) < 4.78 is 0. The Morgan fingerprint density at radius 1 is 0.317 bits per heavy atom. The van der Waals surface area contributed by atoms with Gasteiger partial charge in [0.1, 0.15) is 0 Å². The van der Waals surface area contributed by atoms with Gasteiger partial charge in [-0.15, -0.1) is 0 Å². The van der Waals surface area contributed by atoms with E-state index >= 15 is 0 Å². The van der Waals surface area contributed by atoms with Crippen LogP contribution in [0.2, 0.25) is 0 Å². The monoisotopic (exact) mass is 772 g/mol. The Morgan fingerprint density at radius 3 is 1.15 bits per heavy atom. The minimum atomic E-state index is 0.0840. The van der Waals surface area contributed by atoms with Gasteiger partial charge in [-0.05, 0) is 116 Å². The maximum absolute atomic E-state index is 2.37. The second kappa shape index (κ2) is 16.8. The first-order valence-electron chi connectivity index (χ1n) is 20.8. The molecule has 9 rings (SSSR count). The molecule has 2 nitrogen and oxygen atoms in total. The van der Waals surface area contributed by atoms with Gasteiger partial charge >= 0.3 is 0 Å². The minimum absolute atomic E-state index is 0.0840. The molecular formula is C58H48N2. The third-order valence-corrected chi connectivity index (χ3v) is 11.2. The molecular weight excluding hydrogens is 725 g/mol. The lowest BCUT2D eigenvalue weighted by atomic mass is 9.87. The van der Waals surface area contributed by atoms with Gasteiger partial charge in [0.25, 0.3) is 0 Å². The Kier molecular flexibility index (Phi) is 10.7. The van der Waals surface area contributed by atoms with Crippen LogP contribution in [0.1, 0.15) is 37.5 Å². The Labute approximate surface area is 355 Å². The highest BCUT2D eigenvalue weighted by atomic mass is 15.1. The molecule has 0 saturated heterocycles. The SMILES string of the molecule is CC(C)(C)c1ccc(N(c2ccc(C=Cc3ccc(N(c4ccc(-c5ccccc5)cc4)c4ccc(-c5ccccc5)cc4)cc3)cc2)c2cccc3ccccc23)cc1. The van der Waals surface area contributed by atoms with Gasteiger partial charge in [0.05, 0.1) is 5.69 Å². The molecule has 0 N–H and O–H groups in total. The maximum Gasteiger partial charge on any atom is 0.0540 e. The van der Waals surface area contributed by atoms with E-state index in [-0.39, 0.29) is 5.41 Å². The van der Waals surface area contributed by atoms with Crippen molar-refractivity contribution in [3.8, 4) is 22.3 Å². The zero-order valence-corrected chi connectivity index (χ0v) is 34.4. The number of fused-ring (bicyclic) bond motifs is 1. The molecule has 0 aliphatic rings. The van der Waals surface area contributed by atoms with Crippen LogP contribution in [0.3, 0.4) is 0 Å². The van der Waals surface area contributed by atoms with Gasteiger partial charge < -0.3 is 9.80 Å². The molecule has 0 amide bonds. The zero-order valence-electron chi connectivity index (χ0n) is 34.4. The summed E-state index contributed by atoms with van der Waals surface area (Å²) >= 11 is 0. The van der Waals surface area contributed by atoms with Crippen LogP contribution in [-0.2, 0) is 5.41 Å². The van der Waals surface area contributed by atoms with Crippen LogP contribution in [0, 0.1) is 0 Å². The first-order chi connectivity index (χ1) is 29.4. The van der Waals surface area contributed by atoms with Crippen molar-refractivity contribution in [2.24, 2.45) is 0 Å². The molecule has 0 aromatic heterocycles. The van der Waals surface area contributed by atoms with Crippen molar-refractivity contribution in [3.05, 3.63) is 241 Å². The molecule has 0 aliphatic carbocycles. The molecule has 0 saturated carbocycles. The smallest absolute Gasteiger partial charge is 0.0540 e. The molecule has 0 unspecified atom stereocenters. The third kappa shape index (κ3) is 8.27. The normalized spacial score (nSPS) is 11.5. The van der Waals surface area contributed by atoms with Crippen LogP contribution in [0.15, 0.2) is 224 Å². The van der Waals surface area contributed by atoms with E-state index in [0.717, 1.165) is 45.3 Å². The Morgan fingerprint density at radius 2 is 0.683 bits per heavy atom.